The number of hydrogen-bond acceptors (Lipinski definition) is 7. The Bertz CT molecular complexity index is 1480. The van der Waals surface area contributed by atoms with E-state index in [-0.39, 0.29) is 27.9 Å². The number of hydrogen-bond donors (Lipinski definition) is 0. The third-order valence-corrected chi connectivity index (χ3v) is 5.71. The first-order valence-electron chi connectivity index (χ1n) is 9.35. The van der Waals surface area contributed by atoms with E-state index in [1.54, 1.807) is 24.3 Å². The largest absolute Gasteiger partial charge is 0.467 e. The maximum absolute atomic E-state index is 14.0. The number of ether oxygens (including phenoxy) is 1. The van der Waals surface area contributed by atoms with Crippen LogP contribution in [-0.4, -0.2) is 31.6 Å². The topological polar surface area (TPSA) is 82.8 Å². The molecule has 5 rings (SSSR count). The van der Waals surface area contributed by atoms with E-state index in [9.17, 15) is 13.6 Å². The number of benzene rings is 2. The van der Waals surface area contributed by atoms with Crippen LogP contribution in [0.5, 0.6) is 6.01 Å². The molecule has 0 N–H and O–H groups in total. The number of aromatic nitrogens is 5. The molecule has 0 atom stereocenters. The van der Waals surface area contributed by atoms with Gasteiger partial charge in [-0.15, -0.1) is 11.3 Å². The van der Waals surface area contributed by atoms with Crippen LogP contribution in [0.3, 0.4) is 0 Å². The Kier molecular flexibility index (Phi) is 4.91. The van der Waals surface area contributed by atoms with E-state index in [0.717, 1.165) is 29.5 Å². The fraction of sp³-hybridized carbons (Fsp3) is 0.0455. The van der Waals surface area contributed by atoms with Crippen molar-refractivity contribution in [2.24, 2.45) is 0 Å². The number of rotatable bonds is 4. The van der Waals surface area contributed by atoms with E-state index in [1.165, 1.54) is 24.1 Å². The Morgan fingerprint density at radius 2 is 1.62 bits per heavy atom. The van der Waals surface area contributed by atoms with Crippen molar-refractivity contribution in [1.29, 1.82) is 0 Å². The van der Waals surface area contributed by atoms with E-state index in [1.807, 2.05) is 6.07 Å². The predicted octanol–water partition coefficient (Wildman–Crippen LogP) is 4.25. The smallest absolute Gasteiger partial charge is 0.316 e. The minimum Gasteiger partial charge on any atom is -0.467 e. The van der Waals surface area contributed by atoms with Crippen LogP contribution in [0.2, 0.25) is 0 Å². The van der Waals surface area contributed by atoms with Crippen LogP contribution in [0.25, 0.3) is 38.0 Å². The molecule has 0 aliphatic heterocycles. The highest BCUT2D eigenvalue weighted by Crippen LogP contribution is 2.30. The summed E-state index contributed by atoms with van der Waals surface area (Å²) < 4.78 is 34.3. The van der Waals surface area contributed by atoms with Crippen molar-refractivity contribution in [3.8, 4) is 33.7 Å². The van der Waals surface area contributed by atoms with Gasteiger partial charge in [0.25, 0.3) is 5.56 Å². The number of fused-ring (bicyclic) bond motifs is 1. The van der Waals surface area contributed by atoms with E-state index in [2.05, 4.69) is 19.9 Å². The lowest BCUT2D eigenvalue weighted by Crippen LogP contribution is -2.21. The third-order valence-electron chi connectivity index (χ3n) is 4.63. The van der Waals surface area contributed by atoms with Crippen molar-refractivity contribution >= 4 is 21.7 Å². The van der Waals surface area contributed by atoms with Crippen LogP contribution in [0.1, 0.15) is 0 Å². The standard InChI is InChI=1S/C22H13F2N5O2S/c1-31-22-25-10-13(11-26-22)20-28-18-17(32-20)21(30)29(16-8-14(23)7-15(24)9-16)19(27-18)12-5-3-2-4-6-12/h2-11H,1H3. The van der Waals surface area contributed by atoms with Crippen molar-refractivity contribution in [3.05, 3.63) is 82.9 Å². The first-order chi connectivity index (χ1) is 15.5. The second kappa shape index (κ2) is 7.89. The molecule has 10 heteroatoms. The minimum absolute atomic E-state index is 0.0310. The van der Waals surface area contributed by atoms with Crippen LogP contribution in [0, 0.1) is 11.6 Å². The fourth-order valence-electron chi connectivity index (χ4n) is 3.22. The summed E-state index contributed by atoms with van der Waals surface area (Å²) in [4.78, 5) is 30.7. The lowest BCUT2D eigenvalue weighted by atomic mass is 10.2. The molecule has 0 saturated heterocycles. The summed E-state index contributed by atoms with van der Waals surface area (Å²) in [5.41, 5.74) is 0.939. The molecule has 0 saturated carbocycles. The minimum atomic E-state index is -0.800. The van der Waals surface area contributed by atoms with Crippen molar-refractivity contribution in [1.82, 2.24) is 24.5 Å². The molecule has 0 aliphatic carbocycles. The summed E-state index contributed by atoms with van der Waals surface area (Å²) >= 11 is 1.10. The van der Waals surface area contributed by atoms with Gasteiger partial charge < -0.3 is 4.74 Å². The predicted molar refractivity (Wildman–Crippen MR) is 116 cm³/mol. The van der Waals surface area contributed by atoms with Crippen LogP contribution in [0.15, 0.2) is 65.7 Å². The molecule has 0 spiro atoms. The zero-order valence-electron chi connectivity index (χ0n) is 16.5. The molecule has 0 bridgehead atoms. The molecule has 158 valence electrons. The summed E-state index contributed by atoms with van der Waals surface area (Å²) in [6.07, 6.45) is 3.06. The highest BCUT2D eigenvalue weighted by molar-refractivity contribution is 7.21. The van der Waals surface area contributed by atoms with Gasteiger partial charge in [0.15, 0.2) is 5.65 Å². The zero-order chi connectivity index (χ0) is 22.2. The fourth-order valence-corrected chi connectivity index (χ4v) is 4.13. The summed E-state index contributed by atoms with van der Waals surface area (Å²) in [5.74, 6) is -1.38. The van der Waals surface area contributed by atoms with Gasteiger partial charge >= 0.3 is 6.01 Å². The van der Waals surface area contributed by atoms with Gasteiger partial charge in [0.2, 0.25) is 0 Å². The summed E-state index contributed by atoms with van der Waals surface area (Å²) in [7, 11) is 1.46. The van der Waals surface area contributed by atoms with Crippen LogP contribution < -0.4 is 10.3 Å². The summed E-state index contributed by atoms with van der Waals surface area (Å²) in [6, 6.07) is 12.0. The van der Waals surface area contributed by atoms with Gasteiger partial charge in [-0.1, -0.05) is 30.3 Å². The SMILES string of the molecule is COc1ncc(-c2nc3nc(-c4ccccc4)n(-c4cc(F)cc(F)c4)c(=O)c3s2)cn1. The lowest BCUT2D eigenvalue weighted by Gasteiger charge is -2.12. The van der Waals surface area contributed by atoms with Crippen molar-refractivity contribution < 1.29 is 13.5 Å². The van der Waals surface area contributed by atoms with Crippen molar-refractivity contribution in [3.63, 3.8) is 0 Å². The Hall–Kier alpha value is -4.05. The molecule has 0 amide bonds. The quantitative estimate of drug-likeness (QED) is 0.408. The molecule has 0 fully saturated rings. The Morgan fingerprint density at radius 1 is 0.938 bits per heavy atom. The average molecular weight is 449 g/mol. The normalized spacial score (nSPS) is 11.1. The molecule has 2 aromatic carbocycles. The molecule has 3 heterocycles. The first kappa shape index (κ1) is 19.9. The van der Waals surface area contributed by atoms with E-state index >= 15 is 0 Å². The summed E-state index contributed by atoms with van der Waals surface area (Å²) in [5, 5.41) is 0.481. The number of methoxy groups -OCH3 is 1. The van der Waals surface area contributed by atoms with Crippen LogP contribution in [0.4, 0.5) is 8.78 Å². The molecule has 0 radical (unpaired) electrons. The summed E-state index contributed by atoms with van der Waals surface area (Å²) in [6.45, 7) is 0. The third kappa shape index (κ3) is 3.50. The van der Waals surface area contributed by atoms with Gasteiger partial charge in [-0.05, 0) is 12.1 Å². The monoisotopic (exact) mass is 449 g/mol. The molecule has 5 aromatic rings. The first-order valence-corrected chi connectivity index (χ1v) is 10.2. The second-order valence-electron chi connectivity index (χ2n) is 6.70. The molecule has 0 unspecified atom stereocenters. The molecular formula is C22H13F2N5O2S. The molecule has 0 aliphatic rings. The molecule has 32 heavy (non-hydrogen) atoms. The maximum atomic E-state index is 14.0. The number of halogens is 2. The Balaban J connectivity index is 1.78. The van der Waals surface area contributed by atoms with Gasteiger partial charge in [0, 0.05) is 29.6 Å². The average Bonchev–Trinajstić information content (AvgIpc) is 3.23. The number of nitrogens with zero attached hydrogens (tertiary/aromatic N) is 5. The Morgan fingerprint density at radius 3 is 2.28 bits per heavy atom. The van der Waals surface area contributed by atoms with Crippen molar-refractivity contribution in [2.45, 2.75) is 0 Å². The number of thiazole rings is 1. The Labute approximate surface area is 183 Å². The van der Waals surface area contributed by atoms with Gasteiger partial charge in [-0.3, -0.25) is 9.36 Å². The van der Waals surface area contributed by atoms with Gasteiger partial charge in [-0.25, -0.2) is 28.7 Å². The van der Waals surface area contributed by atoms with E-state index < -0.39 is 17.2 Å². The molecular weight excluding hydrogens is 436 g/mol. The lowest BCUT2D eigenvalue weighted by molar-refractivity contribution is 0.380. The van der Waals surface area contributed by atoms with Gasteiger partial charge in [0.05, 0.1) is 12.8 Å². The molecule has 3 aromatic heterocycles. The zero-order valence-corrected chi connectivity index (χ0v) is 17.3. The second-order valence-corrected chi connectivity index (χ2v) is 7.70. The van der Waals surface area contributed by atoms with Crippen LogP contribution in [-0.2, 0) is 0 Å². The van der Waals surface area contributed by atoms with E-state index in [0.29, 0.717) is 16.1 Å². The van der Waals surface area contributed by atoms with E-state index in [4.69, 9.17) is 4.74 Å². The van der Waals surface area contributed by atoms with Crippen LogP contribution >= 0.6 is 11.3 Å². The van der Waals surface area contributed by atoms with Crippen molar-refractivity contribution in [2.75, 3.05) is 7.11 Å². The van der Waals surface area contributed by atoms with Gasteiger partial charge in [-0.2, -0.15) is 0 Å². The highest BCUT2D eigenvalue weighted by atomic mass is 32.1. The highest BCUT2D eigenvalue weighted by Gasteiger charge is 2.20. The van der Waals surface area contributed by atoms with Gasteiger partial charge in [0.1, 0.15) is 27.2 Å². The molecule has 7 nitrogen and oxygen atoms in total. The maximum Gasteiger partial charge on any atom is 0.316 e.